The first-order chi connectivity index (χ1) is 33.3. The number of fused-ring (bicyclic) bond motifs is 2. The molecule has 2 aliphatic rings. The van der Waals surface area contributed by atoms with Gasteiger partial charge in [-0.15, -0.1) is 0 Å². The molecule has 388 valence electrons. The average Bonchev–Trinajstić information content (AvgIpc) is 4.09. The Balaban J connectivity index is 0.000000230. The number of H-pyrrole nitrogens is 1. The van der Waals surface area contributed by atoms with Crippen molar-refractivity contribution in [3.63, 3.8) is 0 Å². The highest BCUT2D eigenvalue weighted by molar-refractivity contribution is 7.91. The molecule has 2 fully saturated rings. The monoisotopic (exact) mass is 1060 g/mol. The summed E-state index contributed by atoms with van der Waals surface area (Å²) in [5, 5.41) is 37.0. The largest absolute Gasteiger partial charge is 0.400 e. The van der Waals surface area contributed by atoms with Gasteiger partial charge >= 0.3 is 0 Å². The van der Waals surface area contributed by atoms with Gasteiger partial charge in [-0.25, -0.2) is 37.0 Å². The molecular formula is C48H72N16O4S2Si2. The van der Waals surface area contributed by atoms with Crippen LogP contribution in [0.3, 0.4) is 0 Å². The van der Waals surface area contributed by atoms with Crippen LogP contribution in [0.15, 0.2) is 70.0 Å². The van der Waals surface area contributed by atoms with E-state index in [9.17, 15) is 23.7 Å². The predicted octanol–water partition coefficient (Wildman–Crippen LogP) is 8.30. The molecule has 0 radical (unpaired) electrons. The third-order valence-electron chi connectivity index (χ3n) is 14.5. The molecule has 0 aliphatic carbocycles. The number of nitrogens with zero attached hydrogens (tertiary/aromatic N) is 15. The standard InChI is InChI=1S/C26H38N8O2SSi.C21H30N8OSSi.CH4O/c1-24(2,3)23(35)33-13-10-20-21(28-18-29-22(20)33)19-14-30-34(15-19)26(11-12-27)16-32(17-26)37(7,36)31-38(8,9)25(4,5)6;1-20(2,3)32(5,6)27-31(4,30)28-13-21(14-28,8-9-22)29-12-16(11-26-29)18-17-7-10-23-19(17)25-15-24-18;1-2/h10,13-15,18H,11,16-17H2,1-9H3;7,10-12,15H,8,13-14H2,1-6H3,(H,23,24,25);2H,1H3. The fourth-order valence-corrected chi connectivity index (χ4v) is 19.9. The Labute approximate surface area is 427 Å². The van der Waals surface area contributed by atoms with E-state index in [4.69, 9.17) is 13.2 Å². The van der Waals surface area contributed by atoms with E-state index in [2.05, 4.69) is 115 Å². The van der Waals surface area contributed by atoms with Crippen molar-refractivity contribution in [1.29, 1.82) is 10.5 Å². The SMILES string of the molecule is CC(C)(C)C(=O)n1ccc2c(-c3cnn(C4(CC#N)CN(S(C)(=O)=N[Si](C)(C)C(C)(C)C)C4)c3)ncnc21.CC(C)(C)[Si](C)(C)N=S(C)(=O)N1CC(CC#N)(n2cc(-c3ncnc4[nH]ccc34)cn2)C1.CO. The van der Waals surface area contributed by atoms with Crippen molar-refractivity contribution in [2.24, 2.45) is 13.5 Å². The van der Waals surface area contributed by atoms with Crippen molar-refractivity contribution in [2.75, 3.05) is 45.8 Å². The van der Waals surface area contributed by atoms with Crippen molar-refractivity contribution < 1.29 is 18.3 Å². The number of nitriles is 2. The molecule has 0 spiro atoms. The first-order valence-corrected chi connectivity index (χ1v) is 33.4. The molecule has 8 heterocycles. The lowest BCUT2D eigenvalue weighted by Gasteiger charge is -2.49. The van der Waals surface area contributed by atoms with Crippen molar-refractivity contribution in [1.82, 2.24) is 57.7 Å². The van der Waals surface area contributed by atoms with Gasteiger partial charge in [0.1, 0.15) is 29.4 Å². The number of hydrogen-bond acceptors (Lipinski definition) is 14. The van der Waals surface area contributed by atoms with Crippen molar-refractivity contribution in [3.8, 4) is 34.7 Å². The molecule has 20 nitrogen and oxygen atoms in total. The molecule has 0 saturated carbocycles. The third-order valence-corrected chi connectivity index (χ3v) is 30.6. The number of aromatic nitrogens is 10. The Bertz CT molecular complexity index is 3310. The minimum Gasteiger partial charge on any atom is -0.400 e. The summed E-state index contributed by atoms with van der Waals surface area (Å²) >= 11 is 0. The summed E-state index contributed by atoms with van der Waals surface area (Å²) in [5.74, 6) is -0.0540. The summed E-state index contributed by atoms with van der Waals surface area (Å²) in [6.45, 7) is 28.9. The maximum Gasteiger partial charge on any atom is 0.237 e. The van der Waals surface area contributed by atoms with Gasteiger partial charge in [-0.3, -0.25) is 26.8 Å². The number of hydrogen-bond donors (Lipinski definition) is 2. The van der Waals surface area contributed by atoms with Crippen LogP contribution in [0.2, 0.25) is 36.3 Å². The molecule has 72 heavy (non-hydrogen) atoms. The van der Waals surface area contributed by atoms with Gasteiger partial charge in [0.05, 0.1) is 68.6 Å². The molecule has 0 bridgehead atoms. The average molecular weight is 1060 g/mol. The lowest BCUT2D eigenvalue weighted by molar-refractivity contribution is 0.0755. The highest BCUT2D eigenvalue weighted by Crippen LogP contribution is 2.42. The fourth-order valence-electron chi connectivity index (χ4n) is 8.12. The van der Waals surface area contributed by atoms with Gasteiger partial charge in [0.2, 0.25) is 5.91 Å². The van der Waals surface area contributed by atoms with Crippen molar-refractivity contribution in [2.45, 2.75) is 122 Å². The van der Waals surface area contributed by atoms with Crippen LogP contribution in [0, 0.1) is 28.1 Å². The van der Waals surface area contributed by atoms with Crippen LogP contribution in [-0.2, 0) is 30.9 Å². The molecular weight excluding hydrogens is 985 g/mol. The molecule has 6 aromatic heterocycles. The van der Waals surface area contributed by atoms with Crippen molar-refractivity contribution in [3.05, 3.63) is 62.0 Å². The maximum atomic E-state index is 13.7. The molecule has 2 aliphatic heterocycles. The molecule has 24 heteroatoms. The summed E-state index contributed by atoms with van der Waals surface area (Å²) in [6.07, 6.45) is 17.8. The normalized spacial score (nSPS) is 17.9. The van der Waals surface area contributed by atoms with Crippen molar-refractivity contribution >= 4 is 64.3 Å². The second kappa shape index (κ2) is 19.8. The number of rotatable bonds is 10. The number of aromatic amines is 1. The van der Waals surface area contributed by atoms with Gasteiger partial charge < -0.3 is 10.1 Å². The second-order valence-electron chi connectivity index (χ2n) is 23.1. The molecule has 8 rings (SSSR count). The van der Waals surface area contributed by atoms with Crippen LogP contribution in [0.4, 0.5) is 0 Å². The summed E-state index contributed by atoms with van der Waals surface area (Å²) in [4.78, 5) is 33.6. The van der Waals surface area contributed by atoms with Gasteiger partial charge in [0, 0.05) is 97.9 Å². The first-order valence-electron chi connectivity index (χ1n) is 23.7. The highest BCUT2D eigenvalue weighted by Gasteiger charge is 2.51. The lowest BCUT2D eigenvalue weighted by Crippen LogP contribution is -2.64. The van der Waals surface area contributed by atoms with E-state index in [0.29, 0.717) is 37.5 Å². The van der Waals surface area contributed by atoms with Crippen LogP contribution in [0.25, 0.3) is 44.6 Å². The summed E-state index contributed by atoms with van der Waals surface area (Å²) in [6, 6.07) is 8.37. The maximum absolute atomic E-state index is 13.7. The third kappa shape index (κ3) is 10.8. The van der Waals surface area contributed by atoms with Gasteiger partial charge in [0.25, 0.3) is 0 Å². The lowest BCUT2D eigenvalue weighted by atomic mass is 9.89. The minimum atomic E-state index is -2.59. The van der Waals surface area contributed by atoms with E-state index in [1.54, 1.807) is 40.4 Å². The zero-order valence-electron chi connectivity index (χ0n) is 44.7. The number of carbonyl (C=O) groups is 1. The second-order valence-corrected chi connectivity index (χ2v) is 37.8. The zero-order chi connectivity index (χ0) is 53.7. The van der Waals surface area contributed by atoms with Gasteiger partial charge in [-0.1, -0.05) is 62.3 Å². The summed E-state index contributed by atoms with van der Waals surface area (Å²) < 4.78 is 46.0. The number of aliphatic hydroxyl groups is 1. The molecule has 2 unspecified atom stereocenters. The summed E-state index contributed by atoms with van der Waals surface area (Å²) in [5.41, 5.74) is 2.69. The molecule has 2 N–H and O–H groups in total. The molecule has 2 atom stereocenters. The van der Waals surface area contributed by atoms with E-state index in [0.717, 1.165) is 40.4 Å². The van der Waals surface area contributed by atoms with E-state index in [1.165, 1.54) is 12.7 Å². The topological polar surface area (TPSA) is 258 Å². The van der Waals surface area contributed by atoms with Gasteiger partial charge in [-0.2, -0.15) is 20.7 Å². The molecule has 0 aromatic carbocycles. The first kappa shape index (κ1) is 55.8. The number of aliphatic hydroxyl groups excluding tert-OH is 1. The minimum absolute atomic E-state index is 0.0122. The number of nitrogens with one attached hydrogen (secondary N) is 1. The Kier molecular flexibility index (Phi) is 15.3. The molecule has 6 aromatic rings. The van der Waals surface area contributed by atoms with Gasteiger partial charge in [0.15, 0.2) is 22.1 Å². The van der Waals surface area contributed by atoms with E-state index < -0.39 is 52.8 Å². The van der Waals surface area contributed by atoms with E-state index in [1.807, 2.05) is 64.8 Å². The predicted molar refractivity (Wildman–Crippen MR) is 289 cm³/mol. The number of carbonyl (C=O) groups excluding carboxylic acids is 1. The Morgan fingerprint density at radius 2 is 1.15 bits per heavy atom. The Morgan fingerprint density at radius 1 is 0.722 bits per heavy atom. The zero-order valence-corrected chi connectivity index (χ0v) is 48.3. The fraction of sp³-hybridized carbons (Fsp3) is 0.562. The van der Waals surface area contributed by atoms with Crippen LogP contribution in [-0.4, -0.2) is 139 Å². The Hall–Kier alpha value is -5.48. The van der Waals surface area contributed by atoms with Crippen LogP contribution in [0.1, 0.15) is 79.9 Å². The quantitative estimate of drug-likeness (QED) is 0.123. The van der Waals surface area contributed by atoms with Gasteiger partial charge in [-0.05, 0) is 48.4 Å². The van der Waals surface area contributed by atoms with Crippen LogP contribution < -0.4 is 0 Å². The smallest absolute Gasteiger partial charge is 0.237 e. The molecule has 0 amide bonds. The summed E-state index contributed by atoms with van der Waals surface area (Å²) in [7, 11) is -8.34. The van der Waals surface area contributed by atoms with Crippen LogP contribution in [0.5, 0.6) is 0 Å². The van der Waals surface area contributed by atoms with E-state index in [-0.39, 0.29) is 28.8 Å². The van der Waals surface area contributed by atoms with Crippen LogP contribution >= 0.6 is 0 Å². The highest BCUT2D eigenvalue weighted by atomic mass is 32.2. The molecule has 2 saturated heterocycles. The Morgan fingerprint density at radius 3 is 1.57 bits per heavy atom. The van der Waals surface area contributed by atoms with E-state index >= 15 is 0 Å².